The Morgan fingerprint density at radius 1 is 1.40 bits per heavy atom. The number of primary amides is 1. The minimum Gasteiger partial charge on any atom is -0.368 e. The van der Waals surface area contributed by atoms with E-state index in [0.717, 1.165) is 10.6 Å². The van der Waals surface area contributed by atoms with Crippen LogP contribution in [0.1, 0.15) is 5.56 Å². The number of rotatable bonds is 6. The molecule has 1 aromatic rings. The Balaban J connectivity index is 2.41. The van der Waals surface area contributed by atoms with Gasteiger partial charge in [0.25, 0.3) is 0 Å². The fraction of sp³-hybridized carbons (Fsp3) is 0.200. The lowest BCUT2D eigenvalue weighted by Crippen LogP contribution is -2.32. The van der Waals surface area contributed by atoms with Crippen molar-refractivity contribution in [3.63, 3.8) is 0 Å². The summed E-state index contributed by atoms with van der Waals surface area (Å²) in [6.45, 7) is -0.0107. The Morgan fingerprint density at radius 3 is 2.60 bits per heavy atom. The van der Waals surface area contributed by atoms with Gasteiger partial charge in [-0.2, -0.15) is 0 Å². The van der Waals surface area contributed by atoms with Gasteiger partial charge in [0.15, 0.2) is 0 Å². The van der Waals surface area contributed by atoms with Crippen molar-refractivity contribution in [2.24, 2.45) is 5.73 Å². The van der Waals surface area contributed by atoms with Crippen LogP contribution in [0.5, 0.6) is 0 Å². The molecule has 0 radical (unpaired) electrons. The fourth-order valence-electron chi connectivity index (χ4n) is 0.999. The first-order valence-corrected chi connectivity index (χ1v) is 4.39. The first kappa shape index (κ1) is 11.2. The van der Waals surface area contributed by atoms with E-state index in [0.29, 0.717) is 6.41 Å². The number of hydrogen-bond donors (Lipinski definition) is 1. The van der Waals surface area contributed by atoms with Gasteiger partial charge in [0.1, 0.15) is 13.2 Å². The fourth-order valence-corrected chi connectivity index (χ4v) is 0.999. The van der Waals surface area contributed by atoms with Crippen LogP contribution in [0.4, 0.5) is 0 Å². The smallest absolute Gasteiger partial charge is 0.239 e. The predicted octanol–water partition coefficient (Wildman–Crippen LogP) is 0.0619. The Labute approximate surface area is 87.4 Å². The summed E-state index contributed by atoms with van der Waals surface area (Å²) in [5.41, 5.74) is 5.83. The summed E-state index contributed by atoms with van der Waals surface area (Å²) < 4.78 is 0. The molecule has 15 heavy (non-hydrogen) atoms. The lowest BCUT2D eigenvalue weighted by molar-refractivity contribution is -0.179. The van der Waals surface area contributed by atoms with Gasteiger partial charge in [0, 0.05) is 0 Å². The highest BCUT2D eigenvalue weighted by molar-refractivity contribution is 5.77. The summed E-state index contributed by atoms with van der Waals surface area (Å²) in [6.07, 6.45) is 0.424. The van der Waals surface area contributed by atoms with Crippen LogP contribution in [0.25, 0.3) is 0 Å². The van der Waals surface area contributed by atoms with Gasteiger partial charge in [-0.25, -0.2) is 5.06 Å². The first-order chi connectivity index (χ1) is 7.22. The molecule has 5 nitrogen and oxygen atoms in total. The summed E-state index contributed by atoms with van der Waals surface area (Å²) in [4.78, 5) is 26.0. The van der Waals surface area contributed by atoms with E-state index >= 15 is 0 Å². The van der Waals surface area contributed by atoms with Crippen LogP contribution in [-0.4, -0.2) is 23.9 Å². The third kappa shape index (κ3) is 4.24. The molecule has 0 atom stereocenters. The third-order valence-electron chi connectivity index (χ3n) is 1.67. The second kappa shape index (κ2) is 5.77. The molecule has 5 heteroatoms. The van der Waals surface area contributed by atoms with Crippen LogP contribution >= 0.6 is 0 Å². The van der Waals surface area contributed by atoms with Gasteiger partial charge in [-0.15, -0.1) is 0 Å². The third-order valence-corrected chi connectivity index (χ3v) is 1.67. The number of nitrogens with zero attached hydrogens (tertiary/aromatic N) is 1. The molecule has 0 fully saturated rings. The second-order valence-corrected chi connectivity index (χ2v) is 2.91. The van der Waals surface area contributed by atoms with Gasteiger partial charge in [-0.1, -0.05) is 30.3 Å². The Morgan fingerprint density at radius 2 is 2.07 bits per heavy atom. The van der Waals surface area contributed by atoms with Gasteiger partial charge < -0.3 is 5.73 Å². The zero-order valence-electron chi connectivity index (χ0n) is 8.13. The monoisotopic (exact) mass is 208 g/mol. The molecule has 0 aliphatic carbocycles. The second-order valence-electron chi connectivity index (χ2n) is 2.91. The quantitative estimate of drug-likeness (QED) is 0.530. The van der Waals surface area contributed by atoms with Gasteiger partial charge in [0.2, 0.25) is 12.3 Å². The van der Waals surface area contributed by atoms with Crippen LogP contribution < -0.4 is 5.73 Å². The number of hydroxylamine groups is 2. The van der Waals surface area contributed by atoms with E-state index < -0.39 is 5.91 Å². The van der Waals surface area contributed by atoms with Crippen molar-refractivity contribution in [1.82, 2.24) is 5.06 Å². The Kier molecular flexibility index (Phi) is 4.30. The van der Waals surface area contributed by atoms with E-state index in [-0.39, 0.29) is 13.2 Å². The maximum Gasteiger partial charge on any atom is 0.239 e. The van der Waals surface area contributed by atoms with Crippen LogP contribution in [-0.2, 0) is 21.0 Å². The van der Waals surface area contributed by atoms with Gasteiger partial charge in [-0.3, -0.25) is 14.4 Å². The molecule has 0 unspecified atom stereocenters. The number of carbonyl (C=O) groups is 2. The van der Waals surface area contributed by atoms with Gasteiger partial charge in [0.05, 0.1) is 0 Å². The average molecular weight is 208 g/mol. The van der Waals surface area contributed by atoms with Crippen LogP contribution in [0.3, 0.4) is 0 Å². The average Bonchev–Trinajstić information content (AvgIpc) is 2.25. The number of nitrogens with two attached hydrogens (primary N) is 1. The SMILES string of the molecule is NC(=O)CN(C=O)OCc1ccccc1. The van der Waals surface area contributed by atoms with Crippen molar-refractivity contribution in [2.75, 3.05) is 6.54 Å². The van der Waals surface area contributed by atoms with Crippen molar-refractivity contribution < 1.29 is 14.4 Å². The normalized spacial score (nSPS) is 9.60. The molecule has 0 aliphatic rings. The summed E-state index contributed by atoms with van der Waals surface area (Å²) >= 11 is 0. The van der Waals surface area contributed by atoms with E-state index in [4.69, 9.17) is 10.6 Å². The topological polar surface area (TPSA) is 72.6 Å². The number of hydrogen-bond acceptors (Lipinski definition) is 3. The minimum atomic E-state index is -0.616. The van der Waals surface area contributed by atoms with E-state index in [2.05, 4.69) is 0 Å². The number of benzene rings is 1. The molecule has 0 saturated heterocycles. The maximum absolute atomic E-state index is 10.5. The number of amides is 2. The molecule has 0 heterocycles. The van der Waals surface area contributed by atoms with Crippen molar-refractivity contribution in [1.29, 1.82) is 0 Å². The van der Waals surface area contributed by atoms with Gasteiger partial charge >= 0.3 is 0 Å². The van der Waals surface area contributed by atoms with E-state index in [1.54, 1.807) is 0 Å². The van der Waals surface area contributed by atoms with Crippen molar-refractivity contribution >= 4 is 12.3 Å². The predicted molar refractivity (Wildman–Crippen MR) is 53.2 cm³/mol. The molecular formula is C10H12N2O3. The molecular weight excluding hydrogens is 196 g/mol. The summed E-state index contributed by atoms with van der Waals surface area (Å²) in [5.74, 6) is -0.616. The minimum absolute atomic E-state index is 0.229. The van der Waals surface area contributed by atoms with E-state index in [1.165, 1.54) is 0 Å². The summed E-state index contributed by atoms with van der Waals surface area (Å²) in [6, 6.07) is 9.31. The molecule has 0 spiro atoms. The Hall–Kier alpha value is -1.88. The molecule has 2 amide bonds. The largest absolute Gasteiger partial charge is 0.368 e. The summed E-state index contributed by atoms with van der Waals surface area (Å²) in [7, 11) is 0. The molecule has 0 aromatic heterocycles. The molecule has 1 aromatic carbocycles. The highest BCUT2D eigenvalue weighted by Crippen LogP contribution is 2.01. The van der Waals surface area contributed by atoms with Crippen molar-refractivity contribution in [3.8, 4) is 0 Å². The lowest BCUT2D eigenvalue weighted by Gasteiger charge is -2.14. The number of carbonyl (C=O) groups excluding carboxylic acids is 2. The molecule has 1 rings (SSSR count). The highest BCUT2D eigenvalue weighted by Gasteiger charge is 2.05. The van der Waals surface area contributed by atoms with E-state index in [9.17, 15) is 9.59 Å². The Bertz CT molecular complexity index is 327. The molecule has 80 valence electrons. The zero-order valence-corrected chi connectivity index (χ0v) is 8.13. The highest BCUT2D eigenvalue weighted by atomic mass is 16.7. The lowest BCUT2D eigenvalue weighted by atomic mass is 10.2. The summed E-state index contributed by atoms with van der Waals surface area (Å²) in [5, 5.41) is 0.870. The molecule has 0 aliphatic heterocycles. The maximum atomic E-state index is 10.5. The van der Waals surface area contributed by atoms with Crippen LogP contribution in [0.15, 0.2) is 30.3 Å². The van der Waals surface area contributed by atoms with Crippen molar-refractivity contribution in [3.05, 3.63) is 35.9 Å². The molecule has 0 saturated carbocycles. The zero-order chi connectivity index (χ0) is 11.1. The standard InChI is InChI=1S/C10H12N2O3/c11-10(14)6-12(8-13)15-7-9-4-2-1-3-5-9/h1-5,8H,6-7H2,(H2,11,14). The van der Waals surface area contributed by atoms with Crippen LogP contribution in [0.2, 0.25) is 0 Å². The first-order valence-electron chi connectivity index (χ1n) is 4.39. The molecule has 2 N–H and O–H groups in total. The molecule has 0 bridgehead atoms. The van der Waals surface area contributed by atoms with Crippen molar-refractivity contribution in [2.45, 2.75) is 6.61 Å². The van der Waals surface area contributed by atoms with Gasteiger partial charge in [-0.05, 0) is 5.56 Å². The van der Waals surface area contributed by atoms with Crippen LogP contribution in [0, 0.1) is 0 Å². The van der Waals surface area contributed by atoms with E-state index in [1.807, 2.05) is 30.3 Å².